The largest absolute Gasteiger partial charge is 0.459 e. The van der Waals surface area contributed by atoms with Crippen LogP contribution in [-0.4, -0.2) is 18.4 Å². The van der Waals surface area contributed by atoms with Crippen molar-refractivity contribution in [3.8, 4) is 0 Å². The fourth-order valence-corrected chi connectivity index (χ4v) is 2.53. The van der Waals surface area contributed by atoms with Crippen molar-refractivity contribution in [1.82, 2.24) is 0 Å². The Morgan fingerprint density at radius 3 is 3.00 bits per heavy atom. The molecule has 0 amide bonds. The third-order valence-electron chi connectivity index (χ3n) is 3.09. The molecule has 3 unspecified atom stereocenters. The van der Waals surface area contributed by atoms with Crippen LogP contribution in [0.3, 0.4) is 0 Å². The van der Waals surface area contributed by atoms with Gasteiger partial charge in [0.2, 0.25) is 0 Å². The molecule has 1 saturated heterocycles. The van der Waals surface area contributed by atoms with Gasteiger partial charge in [-0.25, -0.2) is 0 Å². The van der Waals surface area contributed by atoms with Crippen LogP contribution in [0.15, 0.2) is 0 Å². The summed E-state index contributed by atoms with van der Waals surface area (Å²) in [5.74, 6) is 1.13. The van der Waals surface area contributed by atoms with E-state index >= 15 is 0 Å². The van der Waals surface area contributed by atoms with Crippen LogP contribution in [0, 0.1) is 13.0 Å². The van der Waals surface area contributed by atoms with Crippen LogP contribution in [0.2, 0.25) is 0 Å². The molecule has 2 fully saturated rings. The van der Waals surface area contributed by atoms with E-state index in [-0.39, 0.29) is 6.04 Å². The van der Waals surface area contributed by atoms with Crippen molar-refractivity contribution in [2.45, 2.75) is 31.7 Å². The van der Waals surface area contributed by atoms with Gasteiger partial charge >= 0.3 is 0 Å². The number of hydrogen-bond acceptors (Lipinski definition) is 1. The molecule has 2 rings (SSSR count). The predicted molar refractivity (Wildman–Crippen MR) is 41.9 cm³/mol. The fourth-order valence-electron chi connectivity index (χ4n) is 2.53. The number of rotatable bonds is 0. The first-order chi connectivity index (χ1) is 5.29. The van der Waals surface area contributed by atoms with E-state index < -0.39 is 0 Å². The average Bonchev–Trinajstić information content (AvgIpc) is 2.34. The van der Waals surface area contributed by atoms with Crippen LogP contribution in [0.1, 0.15) is 25.7 Å². The maximum atomic E-state index is 11.4. The topological polar surface area (TPSA) is 21.5 Å². The molecule has 2 heteroatoms. The van der Waals surface area contributed by atoms with E-state index in [0.29, 0.717) is 11.7 Å². The third-order valence-corrected chi connectivity index (χ3v) is 3.09. The van der Waals surface area contributed by atoms with Crippen molar-refractivity contribution >= 4 is 5.78 Å². The highest BCUT2D eigenvalue weighted by Crippen LogP contribution is 2.26. The summed E-state index contributed by atoms with van der Waals surface area (Å²) in [5.41, 5.74) is 0. The van der Waals surface area contributed by atoms with Crippen molar-refractivity contribution in [2.75, 3.05) is 6.54 Å². The van der Waals surface area contributed by atoms with E-state index in [1.807, 2.05) is 0 Å². The van der Waals surface area contributed by atoms with Gasteiger partial charge in [-0.3, -0.25) is 4.79 Å². The molecule has 62 valence electrons. The molecule has 2 aliphatic rings. The van der Waals surface area contributed by atoms with Gasteiger partial charge in [0.05, 0.1) is 6.54 Å². The third kappa shape index (κ3) is 1.09. The minimum Gasteiger partial charge on any atom is -0.459 e. The van der Waals surface area contributed by atoms with E-state index in [1.54, 1.807) is 0 Å². The predicted octanol–water partition coefficient (Wildman–Crippen LogP) is -0.196. The highest BCUT2D eigenvalue weighted by Gasteiger charge is 2.40. The molecule has 0 bridgehead atoms. The standard InChI is InChI=1S/C9H15NO/c1-10-6-2-3-7-4-5-8(11)9(7)10/h7,9-10H,1-6H2. The zero-order valence-corrected chi connectivity index (χ0v) is 6.81. The lowest BCUT2D eigenvalue weighted by Gasteiger charge is -2.35. The van der Waals surface area contributed by atoms with Gasteiger partial charge in [-0.15, -0.1) is 0 Å². The number of Topliss-reactive ketones (excluding diaryl/α,β-unsaturated/α-hetero) is 1. The molecule has 11 heavy (non-hydrogen) atoms. The number of ketones is 1. The summed E-state index contributed by atoms with van der Waals surface area (Å²) in [7, 11) is 3.99. The van der Waals surface area contributed by atoms with E-state index in [2.05, 4.69) is 7.05 Å². The molecule has 0 spiro atoms. The molecule has 0 radical (unpaired) electrons. The second-order valence-corrected chi connectivity index (χ2v) is 3.79. The zero-order chi connectivity index (χ0) is 7.84. The minimum atomic E-state index is 0.267. The van der Waals surface area contributed by atoms with E-state index in [0.717, 1.165) is 19.4 Å². The molecular formula is C9H15NO. The van der Waals surface area contributed by atoms with Gasteiger partial charge in [0.1, 0.15) is 6.04 Å². The second-order valence-electron chi connectivity index (χ2n) is 3.79. The Balaban J connectivity index is 2.14. The summed E-state index contributed by atoms with van der Waals surface area (Å²) >= 11 is 0. The number of piperidine rings is 1. The molecule has 1 heterocycles. The summed E-state index contributed by atoms with van der Waals surface area (Å²) in [6, 6.07) is 0.267. The van der Waals surface area contributed by atoms with Gasteiger partial charge in [-0.2, -0.15) is 7.05 Å². The average molecular weight is 153 g/mol. The summed E-state index contributed by atoms with van der Waals surface area (Å²) in [4.78, 5) is 12.6. The number of hydrogen-bond donors (Lipinski definition) is 1. The molecule has 3 atom stereocenters. The minimum absolute atomic E-state index is 0.267. The van der Waals surface area contributed by atoms with Gasteiger partial charge in [0, 0.05) is 12.3 Å². The first-order valence-electron chi connectivity index (χ1n) is 4.49. The first kappa shape index (κ1) is 7.29. The lowest BCUT2D eigenvalue weighted by molar-refractivity contribution is -0.879. The first-order valence-corrected chi connectivity index (χ1v) is 4.49. The highest BCUT2D eigenvalue weighted by atomic mass is 16.1. The van der Waals surface area contributed by atoms with Crippen molar-refractivity contribution in [2.24, 2.45) is 5.92 Å². The number of likely N-dealkylation sites (tertiary alicyclic amines) is 1. The maximum Gasteiger partial charge on any atom is 0.187 e. The number of nitrogens with one attached hydrogen (secondary N) is 1. The Kier molecular flexibility index (Phi) is 1.72. The number of carbonyl (C=O) groups is 1. The van der Waals surface area contributed by atoms with Crippen LogP contribution in [0.4, 0.5) is 0 Å². The molecule has 2 nitrogen and oxygen atoms in total. The highest BCUT2D eigenvalue weighted by molar-refractivity contribution is 5.85. The van der Waals surface area contributed by atoms with Crippen molar-refractivity contribution in [3.63, 3.8) is 0 Å². The van der Waals surface area contributed by atoms with Crippen LogP contribution >= 0.6 is 0 Å². The molecule has 1 aliphatic carbocycles. The van der Waals surface area contributed by atoms with E-state index in [9.17, 15) is 4.79 Å². The van der Waals surface area contributed by atoms with Gasteiger partial charge < -0.3 is 4.90 Å². The Morgan fingerprint density at radius 2 is 2.27 bits per heavy atom. The van der Waals surface area contributed by atoms with E-state index in [4.69, 9.17) is 0 Å². The molecule has 0 aromatic rings. The van der Waals surface area contributed by atoms with Crippen LogP contribution in [0.25, 0.3) is 0 Å². The van der Waals surface area contributed by atoms with Gasteiger partial charge in [-0.1, -0.05) is 0 Å². The summed E-state index contributed by atoms with van der Waals surface area (Å²) in [5, 5.41) is 0. The van der Waals surface area contributed by atoms with Crippen LogP contribution in [-0.2, 0) is 4.79 Å². The maximum absolute atomic E-state index is 11.4. The molecule has 0 aromatic carbocycles. The van der Waals surface area contributed by atoms with Gasteiger partial charge in [0.25, 0.3) is 0 Å². The number of quaternary nitrogens is 1. The second kappa shape index (κ2) is 2.59. The van der Waals surface area contributed by atoms with Crippen molar-refractivity contribution < 1.29 is 9.69 Å². The van der Waals surface area contributed by atoms with Crippen LogP contribution < -0.4 is 4.90 Å². The lowest BCUT2D eigenvalue weighted by Crippen LogP contribution is -3.13. The molecular weight excluding hydrogens is 138 g/mol. The van der Waals surface area contributed by atoms with Crippen molar-refractivity contribution in [1.29, 1.82) is 0 Å². The number of fused-ring (bicyclic) bond motifs is 1. The monoisotopic (exact) mass is 153 g/mol. The molecule has 0 aromatic heterocycles. The SMILES string of the molecule is [CH2-][NH+]1CCCC2CCC(=O)C21. The summed E-state index contributed by atoms with van der Waals surface area (Å²) in [6.07, 6.45) is 4.46. The summed E-state index contributed by atoms with van der Waals surface area (Å²) in [6.45, 7) is 1.09. The molecule has 1 saturated carbocycles. The lowest BCUT2D eigenvalue weighted by atomic mass is 9.92. The molecule has 1 N–H and O–H groups in total. The quantitative estimate of drug-likeness (QED) is 0.478. The van der Waals surface area contributed by atoms with Gasteiger partial charge in [0.15, 0.2) is 5.78 Å². The van der Waals surface area contributed by atoms with Crippen molar-refractivity contribution in [3.05, 3.63) is 7.05 Å². The van der Waals surface area contributed by atoms with E-state index in [1.165, 1.54) is 17.7 Å². The Bertz CT molecular complexity index is 178. The van der Waals surface area contributed by atoms with Crippen LogP contribution in [0.5, 0.6) is 0 Å². The zero-order valence-electron chi connectivity index (χ0n) is 6.81. The van der Waals surface area contributed by atoms with Gasteiger partial charge in [-0.05, 0) is 19.3 Å². The Hall–Kier alpha value is -0.370. The summed E-state index contributed by atoms with van der Waals surface area (Å²) < 4.78 is 0. The Labute approximate surface area is 67.6 Å². The smallest absolute Gasteiger partial charge is 0.187 e. The number of carbonyl (C=O) groups excluding carboxylic acids is 1. The Morgan fingerprint density at radius 1 is 1.45 bits per heavy atom. The molecule has 1 aliphatic heterocycles. The fraction of sp³-hybridized carbons (Fsp3) is 0.778. The normalized spacial score (nSPS) is 44.1.